The first-order chi connectivity index (χ1) is 10.1. The molecule has 1 rings (SSSR count). The molecule has 0 bridgehead atoms. The molecule has 5 nitrogen and oxygen atoms in total. The van der Waals surface area contributed by atoms with Crippen LogP contribution in [0.3, 0.4) is 0 Å². The van der Waals surface area contributed by atoms with Crippen LogP contribution in [0.1, 0.15) is 5.56 Å². The molecule has 0 unspecified atom stereocenters. The van der Waals surface area contributed by atoms with Crippen LogP contribution < -0.4 is 4.74 Å². The van der Waals surface area contributed by atoms with Gasteiger partial charge in [-0.1, -0.05) is 11.6 Å². The summed E-state index contributed by atoms with van der Waals surface area (Å²) in [5, 5.41) is 0.676. The maximum atomic E-state index is 12.1. The molecule has 1 aromatic carbocycles. The third kappa shape index (κ3) is 6.33. The van der Waals surface area contributed by atoms with Gasteiger partial charge in [-0.3, -0.25) is 4.79 Å². The number of carbonyl (C=O) groups is 1. The Morgan fingerprint density at radius 1 is 1.19 bits per heavy atom. The molecule has 1 amide bonds. The lowest BCUT2D eigenvalue weighted by Gasteiger charge is -2.22. The number of ether oxygens (including phenoxy) is 3. The Morgan fingerprint density at radius 3 is 2.33 bits per heavy atom. The molecule has 1 aromatic rings. The van der Waals surface area contributed by atoms with Crippen LogP contribution in [-0.2, 0) is 14.3 Å². The highest BCUT2D eigenvalue weighted by molar-refractivity contribution is 6.31. The van der Waals surface area contributed by atoms with Gasteiger partial charge < -0.3 is 19.1 Å². The first-order valence-corrected chi connectivity index (χ1v) is 7.11. The minimum absolute atomic E-state index is 0.0193. The van der Waals surface area contributed by atoms with Crippen molar-refractivity contribution in [2.75, 3.05) is 47.1 Å². The van der Waals surface area contributed by atoms with Gasteiger partial charge in [0.15, 0.2) is 6.61 Å². The standard InChI is InChI=1S/C15H22ClNO4/c1-12-10-13(4-5-14(12)16)21-11-15(18)17(6-8-19-2)7-9-20-3/h4-5,10H,6-9,11H2,1-3H3. The predicted octanol–water partition coefficient (Wildman–Crippen LogP) is 2.15. The van der Waals surface area contributed by atoms with Crippen molar-refractivity contribution < 1.29 is 19.0 Å². The van der Waals surface area contributed by atoms with Crippen LogP contribution in [0.2, 0.25) is 5.02 Å². The fraction of sp³-hybridized carbons (Fsp3) is 0.533. The molecule has 0 aliphatic carbocycles. The van der Waals surface area contributed by atoms with E-state index < -0.39 is 0 Å². The molecule has 0 aromatic heterocycles. The minimum atomic E-state index is -0.100. The van der Waals surface area contributed by atoms with Crippen molar-refractivity contribution >= 4 is 17.5 Å². The van der Waals surface area contributed by atoms with Crippen LogP contribution in [0.5, 0.6) is 5.75 Å². The second-order valence-electron chi connectivity index (χ2n) is 4.57. The van der Waals surface area contributed by atoms with E-state index in [-0.39, 0.29) is 12.5 Å². The van der Waals surface area contributed by atoms with Crippen LogP contribution in [-0.4, -0.2) is 57.9 Å². The summed E-state index contributed by atoms with van der Waals surface area (Å²) >= 11 is 5.95. The maximum Gasteiger partial charge on any atom is 0.260 e. The van der Waals surface area contributed by atoms with Crippen LogP contribution in [0, 0.1) is 6.92 Å². The van der Waals surface area contributed by atoms with E-state index in [1.54, 1.807) is 31.3 Å². The highest BCUT2D eigenvalue weighted by atomic mass is 35.5. The molecule has 0 spiro atoms. The molecular formula is C15H22ClNO4. The number of halogens is 1. The number of benzene rings is 1. The molecular weight excluding hydrogens is 294 g/mol. The van der Waals surface area contributed by atoms with E-state index >= 15 is 0 Å². The Balaban J connectivity index is 2.53. The number of aryl methyl sites for hydroxylation is 1. The molecule has 0 fully saturated rings. The monoisotopic (exact) mass is 315 g/mol. The molecule has 0 atom stereocenters. The zero-order chi connectivity index (χ0) is 15.7. The molecule has 6 heteroatoms. The highest BCUT2D eigenvalue weighted by Gasteiger charge is 2.14. The zero-order valence-electron chi connectivity index (χ0n) is 12.7. The SMILES string of the molecule is COCCN(CCOC)C(=O)COc1ccc(Cl)c(C)c1. The van der Waals surface area contributed by atoms with Crippen molar-refractivity contribution in [3.63, 3.8) is 0 Å². The molecule has 0 aliphatic rings. The largest absolute Gasteiger partial charge is 0.484 e. The Hall–Kier alpha value is -1.30. The smallest absolute Gasteiger partial charge is 0.260 e. The third-order valence-corrected chi connectivity index (χ3v) is 3.40. The number of methoxy groups -OCH3 is 2. The lowest BCUT2D eigenvalue weighted by atomic mass is 10.2. The van der Waals surface area contributed by atoms with E-state index in [4.69, 9.17) is 25.8 Å². The Kier molecular flexibility index (Phi) is 8.12. The van der Waals surface area contributed by atoms with E-state index in [1.165, 1.54) is 0 Å². The Morgan fingerprint density at radius 2 is 1.81 bits per heavy atom. The van der Waals surface area contributed by atoms with Gasteiger partial charge in [0.05, 0.1) is 13.2 Å². The summed E-state index contributed by atoms with van der Waals surface area (Å²) in [7, 11) is 3.21. The molecule has 0 saturated carbocycles. The predicted molar refractivity (Wildman–Crippen MR) is 82.0 cm³/mol. The van der Waals surface area contributed by atoms with Crippen molar-refractivity contribution in [1.82, 2.24) is 4.90 Å². The molecule has 0 aliphatic heterocycles. The number of amides is 1. The molecule has 0 radical (unpaired) electrons. The number of hydrogen-bond acceptors (Lipinski definition) is 4. The molecule has 0 saturated heterocycles. The van der Waals surface area contributed by atoms with Crippen LogP contribution >= 0.6 is 11.6 Å². The van der Waals surface area contributed by atoms with Gasteiger partial charge in [0, 0.05) is 32.3 Å². The van der Waals surface area contributed by atoms with Crippen LogP contribution in [0.4, 0.5) is 0 Å². The number of carbonyl (C=O) groups excluding carboxylic acids is 1. The fourth-order valence-electron chi connectivity index (χ4n) is 1.71. The normalized spacial score (nSPS) is 10.5. The number of rotatable bonds is 9. The summed E-state index contributed by atoms with van der Waals surface area (Å²) < 4.78 is 15.5. The van der Waals surface area contributed by atoms with Gasteiger partial charge in [-0.2, -0.15) is 0 Å². The van der Waals surface area contributed by atoms with Gasteiger partial charge in [0.25, 0.3) is 5.91 Å². The van der Waals surface area contributed by atoms with E-state index in [0.29, 0.717) is 37.1 Å². The molecule has 0 N–H and O–H groups in total. The Bertz CT molecular complexity index is 445. The number of nitrogens with zero attached hydrogens (tertiary/aromatic N) is 1. The van der Waals surface area contributed by atoms with Gasteiger partial charge >= 0.3 is 0 Å². The molecule has 21 heavy (non-hydrogen) atoms. The number of hydrogen-bond donors (Lipinski definition) is 0. The van der Waals surface area contributed by atoms with Crippen molar-refractivity contribution in [2.24, 2.45) is 0 Å². The third-order valence-electron chi connectivity index (χ3n) is 2.98. The lowest BCUT2D eigenvalue weighted by Crippen LogP contribution is -2.39. The fourth-order valence-corrected chi connectivity index (χ4v) is 1.83. The first kappa shape index (κ1) is 17.8. The van der Waals surface area contributed by atoms with E-state index in [9.17, 15) is 4.79 Å². The summed E-state index contributed by atoms with van der Waals surface area (Å²) in [4.78, 5) is 13.8. The topological polar surface area (TPSA) is 48.0 Å². The Labute approximate surface area is 130 Å². The van der Waals surface area contributed by atoms with Gasteiger partial charge in [-0.05, 0) is 30.7 Å². The van der Waals surface area contributed by atoms with Crippen molar-refractivity contribution in [1.29, 1.82) is 0 Å². The summed E-state index contributed by atoms with van der Waals surface area (Å²) in [6.45, 7) is 3.86. The van der Waals surface area contributed by atoms with E-state index in [1.807, 2.05) is 13.0 Å². The zero-order valence-corrected chi connectivity index (χ0v) is 13.5. The summed E-state index contributed by atoms with van der Waals surface area (Å²) in [5.41, 5.74) is 0.914. The average Bonchev–Trinajstić information content (AvgIpc) is 2.48. The average molecular weight is 316 g/mol. The second-order valence-corrected chi connectivity index (χ2v) is 4.97. The van der Waals surface area contributed by atoms with Gasteiger partial charge in [-0.15, -0.1) is 0 Å². The van der Waals surface area contributed by atoms with Gasteiger partial charge in [-0.25, -0.2) is 0 Å². The van der Waals surface area contributed by atoms with E-state index in [2.05, 4.69) is 0 Å². The van der Waals surface area contributed by atoms with Crippen molar-refractivity contribution in [2.45, 2.75) is 6.92 Å². The van der Waals surface area contributed by atoms with Crippen LogP contribution in [0.15, 0.2) is 18.2 Å². The summed E-state index contributed by atoms with van der Waals surface area (Å²) in [5.74, 6) is 0.528. The van der Waals surface area contributed by atoms with Crippen molar-refractivity contribution in [3.8, 4) is 5.75 Å². The minimum Gasteiger partial charge on any atom is -0.484 e. The van der Waals surface area contributed by atoms with E-state index in [0.717, 1.165) is 5.56 Å². The maximum absolute atomic E-state index is 12.1. The van der Waals surface area contributed by atoms with Crippen molar-refractivity contribution in [3.05, 3.63) is 28.8 Å². The van der Waals surface area contributed by atoms with Crippen LogP contribution in [0.25, 0.3) is 0 Å². The lowest BCUT2D eigenvalue weighted by molar-refractivity contribution is -0.134. The second kappa shape index (κ2) is 9.60. The summed E-state index contributed by atoms with van der Waals surface area (Å²) in [6, 6.07) is 5.31. The molecule has 118 valence electrons. The highest BCUT2D eigenvalue weighted by Crippen LogP contribution is 2.20. The van der Waals surface area contributed by atoms with Gasteiger partial charge in [0.2, 0.25) is 0 Å². The summed E-state index contributed by atoms with van der Waals surface area (Å²) in [6.07, 6.45) is 0. The first-order valence-electron chi connectivity index (χ1n) is 6.73. The molecule has 0 heterocycles. The quantitative estimate of drug-likeness (QED) is 0.700. The van der Waals surface area contributed by atoms with Gasteiger partial charge in [0.1, 0.15) is 5.75 Å².